The van der Waals surface area contributed by atoms with Gasteiger partial charge in [0.25, 0.3) is 0 Å². The highest BCUT2D eigenvalue weighted by Crippen LogP contribution is 2.48. The average molecular weight is 446 g/mol. The number of hydrogen-bond donors (Lipinski definition) is 0. The summed E-state index contributed by atoms with van der Waals surface area (Å²) in [5, 5.41) is 0. The standard InChI is InChI=1S/C25H22N2O6/c1-13-3-9-16(10-4-13)33-25(32)14-5-7-15(8-6-14)27-23(30)19-11-17-18(12-20(19)24(27)31)22(29)26(2)21(17)28/h3-10,17-20H,11-12H2,1-2H3. The van der Waals surface area contributed by atoms with Crippen LogP contribution >= 0.6 is 0 Å². The van der Waals surface area contributed by atoms with Crippen LogP contribution in [0.2, 0.25) is 0 Å². The van der Waals surface area contributed by atoms with Crippen LogP contribution in [0.3, 0.4) is 0 Å². The normalized spacial score (nSPS) is 26.5. The molecule has 1 aliphatic carbocycles. The molecule has 33 heavy (non-hydrogen) atoms. The average Bonchev–Trinajstić information content (AvgIpc) is 3.19. The van der Waals surface area contributed by atoms with Gasteiger partial charge in [-0.05, 0) is 56.2 Å². The molecular weight excluding hydrogens is 424 g/mol. The fraction of sp³-hybridized carbons (Fsp3) is 0.320. The lowest BCUT2D eigenvalue weighted by Gasteiger charge is -2.28. The molecule has 1 saturated carbocycles. The van der Waals surface area contributed by atoms with Crippen molar-refractivity contribution in [2.45, 2.75) is 19.8 Å². The molecule has 2 aromatic rings. The predicted octanol–water partition coefficient (Wildman–Crippen LogP) is 2.34. The molecule has 8 nitrogen and oxygen atoms in total. The molecule has 8 heteroatoms. The fourth-order valence-electron chi connectivity index (χ4n) is 5.12. The van der Waals surface area contributed by atoms with Gasteiger partial charge in [0.05, 0.1) is 34.9 Å². The minimum absolute atomic E-state index is 0.201. The van der Waals surface area contributed by atoms with Gasteiger partial charge < -0.3 is 4.74 Å². The minimum Gasteiger partial charge on any atom is -0.423 e. The molecule has 2 saturated heterocycles. The fourth-order valence-corrected chi connectivity index (χ4v) is 5.12. The molecule has 4 unspecified atom stereocenters. The maximum atomic E-state index is 13.1. The quantitative estimate of drug-likeness (QED) is 0.408. The first-order valence-electron chi connectivity index (χ1n) is 10.8. The summed E-state index contributed by atoms with van der Waals surface area (Å²) in [5.41, 5.74) is 1.68. The van der Waals surface area contributed by atoms with Gasteiger partial charge in [-0.15, -0.1) is 0 Å². The molecular formula is C25H22N2O6. The number of nitrogens with zero attached hydrogens (tertiary/aromatic N) is 2. The lowest BCUT2D eigenvalue weighted by molar-refractivity contribution is -0.138. The van der Waals surface area contributed by atoms with Gasteiger partial charge in [-0.1, -0.05) is 17.7 Å². The van der Waals surface area contributed by atoms with Crippen molar-refractivity contribution in [1.82, 2.24) is 4.90 Å². The second kappa shape index (κ2) is 7.65. The van der Waals surface area contributed by atoms with E-state index in [1.807, 2.05) is 19.1 Å². The maximum absolute atomic E-state index is 13.1. The van der Waals surface area contributed by atoms with E-state index < -0.39 is 29.6 Å². The summed E-state index contributed by atoms with van der Waals surface area (Å²) >= 11 is 0. The third kappa shape index (κ3) is 3.33. The lowest BCUT2D eigenvalue weighted by Crippen LogP contribution is -2.35. The predicted molar refractivity (Wildman–Crippen MR) is 116 cm³/mol. The first-order chi connectivity index (χ1) is 15.8. The van der Waals surface area contributed by atoms with Crippen molar-refractivity contribution in [3.05, 3.63) is 59.7 Å². The van der Waals surface area contributed by atoms with Gasteiger partial charge in [-0.25, -0.2) is 4.79 Å². The van der Waals surface area contributed by atoms with E-state index in [0.717, 1.165) is 15.4 Å². The number of amides is 4. The van der Waals surface area contributed by atoms with Crippen LogP contribution in [0, 0.1) is 30.6 Å². The summed E-state index contributed by atoms with van der Waals surface area (Å²) in [6, 6.07) is 13.1. The first-order valence-corrected chi connectivity index (χ1v) is 10.8. The van der Waals surface area contributed by atoms with Crippen LogP contribution in [-0.4, -0.2) is 41.5 Å². The molecule has 5 rings (SSSR count). The van der Waals surface area contributed by atoms with E-state index in [4.69, 9.17) is 4.74 Å². The SMILES string of the molecule is Cc1ccc(OC(=O)c2ccc(N3C(=O)C4CC5C(=O)N(C)C(=O)C5CC4C3=O)cc2)cc1. The van der Waals surface area contributed by atoms with Crippen LogP contribution in [0.15, 0.2) is 48.5 Å². The molecule has 3 aliphatic rings. The zero-order chi connectivity index (χ0) is 23.4. The van der Waals surface area contributed by atoms with Crippen LogP contribution in [0.1, 0.15) is 28.8 Å². The number of carbonyl (C=O) groups excluding carboxylic acids is 5. The molecule has 2 aliphatic heterocycles. The molecule has 0 spiro atoms. The number of ether oxygens (including phenoxy) is 1. The molecule has 3 fully saturated rings. The Labute approximate surface area is 190 Å². The third-order valence-electron chi connectivity index (χ3n) is 6.95. The molecule has 2 heterocycles. The molecule has 168 valence electrons. The highest BCUT2D eigenvalue weighted by molar-refractivity contribution is 6.22. The van der Waals surface area contributed by atoms with Gasteiger partial charge >= 0.3 is 5.97 Å². The second-order valence-electron chi connectivity index (χ2n) is 8.89. The van der Waals surface area contributed by atoms with E-state index in [0.29, 0.717) is 11.4 Å². The lowest BCUT2D eigenvalue weighted by atomic mass is 9.70. The topological polar surface area (TPSA) is 101 Å². The smallest absolute Gasteiger partial charge is 0.343 e. The van der Waals surface area contributed by atoms with Gasteiger partial charge in [0.15, 0.2) is 0 Å². The number of fused-ring (bicyclic) bond motifs is 2. The number of carbonyl (C=O) groups is 5. The van der Waals surface area contributed by atoms with Gasteiger partial charge in [-0.2, -0.15) is 0 Å². The molecule has 0 aromatic heterocycles. The molecule has 2 aromatic carbocycles. The van der Waals surface area contributed by atoms with Crippen molar-refractivity contribution in [2.75, 3.05) is 11.9 Å². The number of likely N-dealkylation sites (tertiary alicyclic amines) is 1. The van der Waals surface area contributed by atoms with Crippen molar-refractivity contribution in [2.24, 2.45) is 23.7 Å². The Hall–Kier alpha value is -3.81. The van der Waals surface area contributed by atoms with E-state index >= 15 is 0 Å². The Kier molecular flexibility index (Phi) is 4.88. The number of imide groups is 2. The number of esters is 1. The molecule has 4 atom stereocenters. The van der Waals surface area contributed by atoms with Crippen LogP contribution < -0.4 is 9.64 Å². The van der Waals surface area contributed by atoms with Gasteiger partial charge in [0, 0.05) is 7.05 Å². The summed E-state index contributed by atoms with van der Waals surface area (Å²) in [6.07, 6.45) is 0.401. The zero-order valence-electron chi connectivity index (χ0n) is 18.2. The Morgan fingerprint density at radius 2 is 1.24 bits per heavy atom. The zero-order valence-corrected chi connectivity index (χ0v) is 18.2. The third-order valence-corrected chi connectivity index (χ3v) is 6.95. The number of hydrogen-bond acceptors (Lipinski definition) is 6. The number of rotatable bonds is 3. The maximum Gasteiger partial charge on any atom is 0.343 e. The molecule has 0 radical (unpaired) electrons. The van der Waals surface area contributed by atoms with Crippen LogP contribution in [0.4, 0.5) is 5.69 Å². The molecule has 0 bridgehead atoms. The first kappa shape index (κ1) is 21.1. The van der Waals surface area contributed by atoms with Gasteiger partial charge in [0.2, 0.25) is 23.6 Å². The van der Waals surface area contributed by atoms with Gasteiger partial charge in [-0.3, -0.25) is 29.0 Å². The van der Waals surface area contributed by atoms with Crippen molar-refractivity contribution in [3.8, 4) is 5.75 Å². The minimum atomic E-state index is -0.617. The van der Waals surface area contributed by atoms with Crippen molar-refractivity contribution in [1.29, 1.82) is 0 Å². The summed E-state index contributed by atoms with van der Waals surface area (Å²) in [7, 11) is 1.44. The summed E-state index contributed by atoms with van der Waals surface area (Å²) in [6.45, 7) is 1.93. The van der Waals surface area contributed by atoms with Crippen molar-refractivity contribution >= 4 is 35.3 Å². The molecule has 4 amide bonds. The Morgan fingerprint density at radius 3 is 1.76 bits per heavy atom. The summed E-state index contributed by atoms with van der Waals surface area (Å²) < 4.78 is 5.36. The Morgan fingerprint density at radius 1 is 0.758 bits per heavy atom. The van der Waals surface area contributed by atoms with Crippen LogP contribution in [0.5, 0.6) is 5.75 Å². The van der Waals surface area contributed by atoms with E-state index in [-0.39, 0.29) is 42.0 Å². The Balaban J connectivity index is 1.33. The van der Waals surface area contributed by atoms with E-state index in [2.05, 4.69) is 0 Å². The van der Waals surface area contributed by atoms with E-state index in [9.17, 15) is 24.0 Å². The summed E-state index contributed by atoms with van der Waals surface area (Å²) in [5.74, 6) is -3.74. The number of anilines is 1. The van der Waals surface area contributed by atoms with Crippen molar-refractivity contribution in [3.63, 3.8) is 0 Å². The second-order valence-corrected chi connectivity index (χ2v) is 8.89. The van der Waals surface area contributed by atoms with Crippen molar-refractivity contribution < 1.29 is 28.7 Å². The van der Waals surface area contributed by atoms with Gasteiger partial charge in [0.1, 0.15) is 5.75 Å². The number of aryl methyl sites for hydroxylation is 1. The van der Waals surface area contributed by atoms with E-state index in [1.165, 1.54) is 31.3 Å². The highest BCUT2D eigenvalue weighted by atomic mass is 16.5. The van der Waals surface area contributed by atoms with E-state index in [1.54, 1.807) is 12.1 Å². The van der Waals surface area contributed by atoms with Crippen LogP contribution in [0.25, 0.3) is 0 Å². The largest absolute Gasteiger partial charge is 0.423 e. The highest BCUT2D eigenvalue weighted by Gasteiger charge is 2.59. The summed E-state index contributed by atoms with van der Waals surface area (Å²) in [4.78, 5) is 65.6. The monoisotopic (exact) mass is 446 g/mol. The Bertz CT molecular complexity index is 1140. The van der Waals surface area contributed by atoms with Crippen LogP contribution in [-0.2, 0) is 19.2 Å². The number of benzene rings is 2. The molecule has 0 N–H and O–H groups in total.